The number of alkyl halides is 2. The summed E-state index contributed by atoms with van der Waals surface area (Å²) in [6.45, 7) is -3.25. The van der Waals surface area contributed by atoms with Crippen molar-refractivity contribution in [2.24, 2.45) is 0 Å². The van der Waals surface area contributed by atoms with E-state index in [-0.39, 0.29) is 35.0 Å². The number of halogens is 2. The van der Waals surface area contributed by atoms with E-state index < -0.39 is 27.5 Å². The highest BCUT2D eigenvalue weighted by Gasteiger charge is 2.17. The number of sulfonamides is 1. The van der Waals surface area contributed by atoms with Crippen LogP contribution in [0.4, 0.5) is 14.5 Å². The number of rotatable bonds is 10. The minimum atomic E-state index is -4.00. The Balaban J connectivity index is 1.87. The van der Waals surface area contributed by atoms with Crippen LogP contribution in [0, 0.1) is 10.1 Å². The summed E-state index contributed by atoms with van der Waals surface area (Å²) < 4.78 is 55.6. The van der Waals surface area contributed by atoms with Gasteiger partial charge in [0.25, 0.3) is 5.69 Å². The zero-order chi connectivity index (χ0) is 22.1. The molecule has 0 saturated heterocycles. The molecule has 0 radical (unpaired) electrons. The molecule has 2 aromatic rings. The molecule has 0 aliphatic carbocycles. The van der Waals surface area contributed by atoms with E-state index in [9.17, 15) is 32.1 Å². The van der Waals surface area contributed by atoms with E-state index in [0.29, 0.717) is 0 Å². The first-order chi connectivity index (χ1) is 14.2. The van der Waals surface area contributed by atoms with E-state index in [1.807, 2.05) is 0 Å². The molecule has 0 aromatic heterocycles. The summed E-state index contributed by atoms with van der Waals surface area (Å²) in [7, 11) is -4.00. The molecule has 9 nitrogen and oxygen atoms in total. The van der Waals surface area contributed by atoms with E-state index in [4.69, 9.17) is 0 Å². The molecule has 2 N–H and O–H groups in total. The van der Waals surface area contributed by atoms with E-state index in [2.05, 4.69) is 14.8 Å². The first kappa shape index (κ1) is 22.9. The van der Waals surface area contributed by atoms with Gasteiger partial charge in [0, 0.05) is 36.9 Å². The maximum atomic E-state index is 12.4. The van der Waals surface area contributed by atoms with Crippen molar-refractivity contribution in [3.05, 3.63) is 70.3 Å². The van der Waals surface area contributed by atoms with Gasteiger partial charge in [0.1, 0.15) is 5.75 Å². The Morgan fingerprint density at radius 3 is 2.60 bits per heavy atom. The number of nitrogens with one attached hydrogen (secondary N) is 2. The average molecular weight is 441 g/mol. The number of para-hydroxylation sites is 1. The van der Waals surface area contributed by atoms with Gasteiger partial charge in [-0.2, -0.15) is 8.78 Å². The molecule has 0 saturated carbocycles. The van der Waals surface area contributed by atoms with Gasteiger partial charge in [-0.15, -0.1) is 0 Å². The normalized spacial score (nSPS) is 11.6. The molecular formula is C18H17F2N3O6S. The standard InChI is InChI=1S/C18H17F2N3O6S/c19-18(20)29-16-7-2-1-4-13(16)8-9-17(24)21-10-11-22-30(27,28)15-6-3-5-14(12-15)23(25)26/h1-9,12,18,22H,10-11H2,(H,21,24)/b9-8+. The molecule has 30 heavy (non-hydrogen) atoms. The number of non-ortho nitro benzene ring substituents is 1. The van der Waals surface area contributed by atoms with Crippen molar-refractivity contribution in [3.8, 4) is 5.75 Å². The van der Waals surface area contributed by atoms with E-state index in [1.165, 1.54) is 36.4 Å². The molecule has 160 valence electrons. The number of hydrogen-bond acceptors (Lipinski definition) is 6. The van der Waals surface area contributed by atoms with Crippen LogP contribution in [-0.2, 0) is 14.8 Å². The highest BCUT2D eigenvalue weighted by molar-refractivity contribution is 7.89. The van der Waals surface area contributed by atoms with Crippen molar-refractivity contribution in [1.29, 1.82) is 0 Å². The molecule has 0 bridgehead atoms. The largest absolute Gasteiger partial charge is 0.434 e. The van der Waals surface area contributed by atoms with Crippen molar-refractivity contribution >= 4 is 27.7 Å². The number of carbonyl (C=O) groups is 1. The van der Waals surface area contributed by atoms with Crippen LogP contribution in [0.5, 0.6) is 5.75 Å². The molecule has 0 unspecified atom stereocenters. The average Bonchev–Trinajstić information content (AvgIpc) is 2.70. The summed E-state index contributed by atoms with van der Waals surface area (Å²) in [5, 5.41) is 13.2. The smallest absolute Gasteiger partial charge is 0.387 e. The predicted molar refractivity (Wildman–Crippen MR) is 103 cm³/mol. The number of carbonyl (C=O) groups excluding carboxylic acids is 1. The van der Waals surface area contributed by atoms with Gasteiger partial charge >= 0.3 is 6.61 Å². The van der Waals surface area contributed by atoms with Crippen molar-refractivity contribution in [2.45, 2.75) is 11.5 Å². The van der Waals surface area contributed by atoms with Crippen molar-refractivity contribution in [3.63, 3.8) is 0 Å². The molecule has 1 amide bonds. The Bertz CT molecular complexity index is 1040. The first-order valence-electron chi connectivity index (χ1n) is 8.43. The van der Waals surface area contributed by atoms with Gasteiger partial charge < -0.3 is 10.1 Å². The number of nitrogens with zero attached hydrogens (tertiary/aromatic N) is 1. The summed E-state index contributed by atoms with van der Waals surface area (Å²) in [4.78, 5) is 21.6. The molecule has 2 aromatic carbocycles. The second kappa shape index (κ2) is 10.4. The number of ether oxygens (including phenoxy) is 1. The first-order valence-corrected chi connectivity index (χ1v) is 9.91. The maximum Gasteiger partial charge on any atom is 0.387 e. The van der Waals surface area contributed by atoms with Crippen LogP contribution in [0.15, 0.2) is 59.5 Å². The molecule has 0 aliphatic heterocycles. The quantitative estimate of drug-likeness (QED) is 0.252. The van der Waals surface area contributed by atoms with Gasteiger partial charge in [-0.25, -0.2) is 13.1 Å². The number of nitro groups is 1. The Hall–Kier alpha value is -3.38. The number of nitro benzene ring substituents is 1. The van der Waals surface area contributed by atoms with Gasteiger partial charge in [-0.05, 0) is 18.2 Å². The maximum absolute atomic E-state index is 12.4. The molecule has 0 aliphatic rings. The van der Waals surface area contributed by atoms with Gasteiger partial charge in [0.05, 0.1) is 9.82 Å². The fourth-order valence-electron chi connectivity index (χ4n) is 2.26. The zero-order valence-corrected chi connectivity index (χ0v) is 16.1. The summed E-state index contributed by atoms with van der Waals surface area (Å²) in [5.41, 5.74) is -0.105. The van der Waals surface area contributed by atoms with Crippen molar-refractivity contribution in [2.75, 3.05) is 13.1 Å². The SMILES string of the molecule is O=C(/C=C/c1ccccc1OC(F)F)NCCNS(=O)(=O)c1cccc([N+](=O)[O-])c1. The third-order valence-electron chi connectivity index (χ3n) is 3.60. The number of amides is 1. The molecule has 0 heterocycles. The molecular weight excluding hydrogens is 424 g/mol. The Kier molecular flexibility index (Phi) is 7.95. The Labute approximate surface area is 170 Å². The monoisotopic (exact) mass is 441 g/mol. The second-order valence-electron chi connectivity index (χ2n) is 5.69. The highest BCUT2D eigenvalue weighted by Crippen LogP contribution is 2.21. The van der Waals surface area contributed by atoms with Gasteiger partial charge in [-0.1, -0.05) is 24.3 Å². The second-order valence-corrected chi connectivity index (χ2v) is 7.46. The van der Waals surface area contributed by atoms with E-state index in [0.717, 1.165) is 18.2 Å². The summed E-state index contributed by atoms with van der Waals surface area (Å²) in [6.07, 6.45) is 2.36. The summed E-state index contributed by atoms with van der Waals surface area (Å²) in [5.74, 6) is -0.683. The minimum absolute atomic E-state index is 0.0769. The van der Waals surface area contributed by atoms with Crippen LogP contribution in [-0.4, -0.2) is 38.9 Å². The minimum Gasteiger partial charge on any atom is -0.434 e. The van der Waals surface area contributed by atoms with Crippen molar-refractivity contribution < 1.29 is 31.7 Å². The summed E-state index contributed by atoms with van der Waals surface area (Å²) in [6, 6.07) is 10.4. The lowest BCUT2D eigenvalue weighted by Crippen LogP contribution is -2.34. The van der Waals surface area contributed by atoms with Gasteiger partial charge in [0.15, 0.2) is 0 Å². The summed E-state index contributed by atoms with van der Waals surface area (Å²) >= 11 is 0. The fourth-order valence-corrected chi connectivity index (χ4v) is 3.34. The molecule has 0 atom stereocenters. The Morgan fingerprint density at radius 2 is 1.90 bits per heavy atom. The number of hydrogen-bond donors (Lipinski definition) is 2. The molecule has 12 heteroatoms. The molecule has 2 rings (SSSR count). The molecule has 0 spiro atoms. The van der Waals surface area contributed by atoms with Gasteiger partial charge in [-0.3, -0.25) is 14.9 Å². The van der Waals surface area contributed by atoms with Gasteiger partial charge in [0.2, 0.25) is 15.9 Å². The lowest BCUT2D eigenvalue weighted by molar-refractivity contribution is -0.385. The predicted octanol–water partition coefficient (Wildman–Crippen LogP) is 2.30. The topological polar surface area (TPSA) is 128 Å². The fraction of sp³-hybridized carbons (Fsp3) is 0.167. The van der Waals surface area contributed by atoms with Crippen LogP contribution in [0.1, 0.15) is 5.56 Å². The highest BCUT2D eigenvalue weighted by atomic mass is 32.2. The van der Waals surface area contributed by atoms with E-state index in [1.54, 1.807) is 6.07 Å². The lowest BCUT2D eigenvalue weighted by atomic mass is 10.2. The van der Waals surface area contributed by atoms with Crippen LogP contribution in [0.3, 0.4) is 0 Å². The third-order valence-corrected chi connectivity index (χ3v) is 5.06. The van der Waals surface area contributed by atoms with Crippen LogP contribution < -0.4 is 14.8 Å². The molecule has 0 fully saturated rings. The van der Waals surface area contributed by atoms with Crippen LogP contribution in [0.25, 0.3) is 6.08 Å². The third kappa shape index (κ3) is 6.90. The Morgan fingerprint density at radius 1 is 1.17 bits per heavy atom. The zero-order valence-electron chi connectivity index (χ0n) is 15.3. The van der Waals surface area contributed by atoms with Crippen molar-refractivity contribution in [1.82, 2.24) is 10.0 Å². The lowest BCUT2D eigenvalue weighted by Gasteiger charge is -2.08. The van der Waals surface area contributed by atoms with Crippen LogP contribution >= 0.6 is 0 Å². The van der Waals surface area contributed by atoms with Crippen LogP contribution in [0.2, 0.25) is 0 Å². The van der Waals surface area contributed by atoms with E-state index >= 15 is 0 Å². The number of benzene rings is 2.